The molecule has 0 aliphatic rings. The quantitative estimate of drug-likeness (QED) is 0.747. The predicted octanol–water partition coefficient (Wildman–Crippen LogP) is 2.90. The number of carbonyl (C=O) groups is 2. The van der Waals surface area contributed by atoms with Crippen molar-refractivity contribution in [1.29, 1.82) is 0 Å². The molecule has 6 heteroatoms. The number of benzene rings is 1. The summed E-state index contributed by atoms with van der Waals surface area (Å²) in [5, 5.41) is 5.26. The highest BCUT2D eigenvalue weighted by atomic mass is 32.1. The van der Waals surface area contributed by atoms with Gasteiger partial charge in [-0.1, -0.05) is 0 Å². The molecule has 0 aliphatic heterocycles. The lowest BCUT2D eigenvalue weighted by Crippen LogP contribution is -2.27. The standard InChI is InChI=1S/C13H18N2O3S/c1-13(2,3)18-12(17)15-10-6-4-9(5-7-10)14-11(16)8-19/h4-7,19H,8H2,1-3H3,(H,14,16)(H,15,17). The Hall–Kier alpha value is -1.69. The summed E-state index contributed by atoms with van der Waals surface area (Å²) in [6.45, 7) is 5.38. The number of amides is 2. The Bertz CT molecular complexity index is 452. The largest absolute Gasteiger partial charge is 0.444 e. The van der Waals surface area contributed by atoms with Crippen LogP contribution in [0.25, 0.3) is 0 Å². The molecule has 19 heavy (non-hydrogen) atoms. The maximum absolute atomic E-state index is 11.5. The van der Waals surface area contributed by atoms with Gasteiger partial charge in [-0.3, -0.25) is 10.1 Å². The molecule has 1 aromatic carbocycles. The molecule has 104 valence electrons. The van der Waals surface area contributed by atoms with Gasteiger partial charge in [-0.2, -0.15) is 12.6 Å². The molecule has 1 aromatic rings. The molecular weight excluding hydrogens is 264 g/mol. The Morgan fingerprint density at radius 2 is 1.58 bits per heavy atom. The van der Waals surface area contributed by atoms with Crippen molar-refractivity contribution in [2.75, 3.05) is 16.4 Å². The smallest absolute Gasteiger partial charge is 0.412 e. The van der Waals surface area contributed by atoms with E-state index in [0.29, 0.717) is 11.4 Å². The van der Waals surface area contributed by atoms with Crippen LogP contribution in [-0.2, 0) is 9.53 Å². The molecule has 2 N–H and O–H groups in total. The summed E-state index contributed by atoms with van der Waals surface area (Å²) in [5.41, 5.74) is 0.705. The molecule has 0 heterocycles. The van der Waals surface area contributed by atoms with Gasteiger partial charge in [-0.15, -0.1) is 0 Å². The van der Waals surface area contributed by atoms with Crippen LogP contribution in [0.4, 0.5) is 16.2 Å². The van der Waals surface area contributed by atoms with Crippen LogP contribution in [0.2, 0.25) is 0 Å². The van der Waals surface area contributed by atoms with Crippen molar-refractivity contribution < 1.29 is 14.3 Å². The summed E-state index contributed by atoms with van der Waals surface area (Å²) in [7, 11) is 0. The Morgan fingerprint density at radius 3 is 2.00 bits per heavy atom. The van der Waals surface area contributed by atoms with Crippen LogP contribution in [0.15, 0.2) is 24.3 Å². The van der Waals surface area contributed by atoms with Gasteiger partial charge in [-0.05, 0) is 45.0 Å². The minimum absolute atomic E-state index is 0.123. The fourth-order valence-electron chi connectivity index (χ4n) is 1.26. The lowest BCUT2D eigenvalue weighted by atomic mass is 10.2. The van der Waals surface area contributed by atoms with Gasteiger partial charge in [0.2, 0.25) is 5.91 Å². The van der Waals surface area contributed by atoms with E-state index in [-0.39, 0.29) is 11.7 Å². The molecule has 0 radical (unpaired) electrons. The van der Waals surface area contributed by atoms with Crippen molar-refractivity contribution in [2.45, 2.75) is 26.4 Å². The highest BCUT2D eigenvalue weighted by Gasteiger charge is 2.16. The van der Waals surface area contributed by atoms with E-state index in [4.69, 9.17) is 4.74 Å². The van der Waals surface area contributed by atoms with Crippen molar-refractivity contribution in [2.24, 2.45) is 0 Å². The van der Waals surface area contributed by atoms with Crippen molar-refractivity contribution in [3.05, 3.63) is 24.3 Å². The van der Waals surface area contributed by atoms with Crippen LogP contribution in [-0.4, -0.2) is 23.4 Å². The van der Waals surface area contributed by atoms with Gasteiger partial charge in [0.05, 0.1) is 5.75 Å². The van der Waals surface area contributed by atoms with Gasteiger partial charge in [0.25, 0.3) is 0 Å². The fraction of sp³-hybridized carbons (Fsp3) is 0.385. The van der Waals surface area contributed by atoms with Crippen molar-refractivity contribution in [3.63, 3.8) is 0 Å². The molecule has 5 nitrogen and oxygen atoms in total. The van der Waals surface area contributed by atoms with Gasteiger partial charge >= 0.3 is 6.09 Å². The zero-order valence-corrected chi connectivity index (χ0v) is 12.1. The molecule has 0 aliphatic carbocycles. The Kier molecular flexibility index (Phi) is 5.23. The maximum atomic E-state index is 11.5. The summed E-state index contributed by atoms with van der Waals surface area (Å²) >= 11 is 3.87. The zero-order valence-electron chi connectivity index (χ0n) is 11.2. The summed E-state index contributed by atoms with van der Waals surface area (Å²) in [4.78, 5) is 22.6. The van der Waals surface area contributed by atoms with Gasteiger partial charge < -0.3 is 10.1 Å². The summed E-state index contributed by atoms with van der Waals surface area (Å²) < 4.78 is 5.12. The third-order valence-corrected chi connectivity index (χ3v) is 2.24. The molecular formula is C13H18N2O3S. The first-order chi connectivity index (χ1) is 8.80. The Morgan fingerprint density at radius 1 is 1.11 bits per heavy atom. The second-order valence-corrected chi connectivity index (χ2v) is 5.23. The van der Waals surface area contributed by atoms with Gasteiger partial charge in [0.1, 0.15) is 5.60 Å². The second kappa shape index (κ2) is 6.47. The van der Waals surface area contributed by atoms with Crippen molar-refractivity contribution in [3.8, 4) is 0 Å². The predicted molar refractivity (Wildman–Crippen MR) is 78.8 cm³/mol. The number of hydrogen-bond acceptors (Lipinski definition) is 4. The Labute approximate surface area is 118 Å². The maximum Gasteiger partial charge on any atom is 0.412 e. The zero-order chi connectivity index (χ0) is 14.5. The van der Waals surface area contributed by atoms with E-state index in [1.165, 1.54) is 0 Å². The van der Waals surface area contributed by atoms with Crippen LogP contribution in [0.1, 0.15) is 20.8 Å². The molecule has 0 bridgehead atoms. The van der Waals surface area contributed by atoms with Crippen LogP contribution >= 0.6 is 12.6 Å². The lowest BCUT2D eigenvalue weighted by Gasteiger charge is -2.19. The van der Waals surface area contributed by atoms with E-state index in [9.17, 15) is 9.59 Å². The monoisotopic (exact) mass is 282 g/mol. The number of hydrogen-bond donors (Lipinski definition) is 3. The summed E-state index contributed by atoms with van der Waals surface area (Å²) in [6, 6.07) is 6.73. The average Bonchev–Trinajstić information content (AvgIpc) is 2.29. The topological polar surface area (TPSA) is 67.4 Å². The molecule has 1 rings (SSSR count). The van der Waals surface area contributed by atoms with E-state index in [2.05, 4.69) is 23.3 Å². The first kappa shape index (κ1) is 15.4. The van der Waals surface area contributed by atoms with Gasteiger partial charge in [0.15, 0.2) is 0 Å². The molecule has 0 atom stereocenters. The molecule has 0 saturated heterocycles. The van der Waals surface area contributed by atoms with Crippen LogP contribution in [0.5, 0.6) is 0 Å². The highest BCUT2D eigenvalue weighted by molar-refractivity contribution is 7.81. The fourth-order valence-corrected chi connectivity index (χ4v) is 1.34. The summed E-state index contributed by atoms with van der Waals surface area (Å²) in [6.07, 6.45) is -0.514. The average molecular weight is 282 g/mol. The molecule has 0 unspecified atom stereocenters. The van der Waals surface area contributed by atoms with E-state index in [1.807, 2.05) is 0 Å². The molecule has 0 saturated carbocycles. The first-order valence-corrected chi connectivity index (χ1v) is 6.44. The minimum atomic E-state index is -0.537. The van der Waals surface area contributed by atoms with Crippen LogP contribution < -0.4 is 10.6 Å². The van der Waals surface area contributed by atoms with Crippen molar-refractivity contribution >= 4 is 36.0 Å². The first-order valence-electron chi connectivity index (χ1n) is 5.81. The van der Waals surface area contributed by atoms with Crippen molar-refractivity contribution in [1.82, 2.24) is 0 Å². The van der Waals surface area contributed by atoms with Crippen LogP contribution in [0, 0.1) is 0 Å². The SMILES string of the molecule is CC(C)(C)OC(=O)Nc1ccc(NC(=O)CS)cc1. The second-order valence-electron chi connectivity index (χ2n) is 4.91. The lowest BCUT2D eigenvalue weighted by molar-refractivity contribution is -0.113. The highest BCUT2D eigenvalue weighted by Crippen LogP contribution is 2.15. The number of carbonyl (C=O) groups excluding carboxylic acids is 2. The van der Waals surface area contributed by atoms with E-state index < -0.39 is 11.7 Å². The number of rotatable bonds is 3. The van der Waals surface area contributed by atoms with Crippen LogP contribution in [0.3, 0.4) is 0 Å². The van der Waals surface area contributed by atoms with E-state index in [1.54, 1.807) is 45.0 Å². The van der Waals surface area contributed by atoms with E-state index >= 15 is 0 Å². The third kappa shape index (κ3) is 6.15. The number of nitrogens with one attached hydrogen (secondary N) is 2. The normalized spacial score (nSPS) is 10.7. The molecule has 0 spiro atoms. The summed E-state index contributed by atoms with van der Waals surface area (Å²) in [5.74, 6) is -0.0612. The number of anilines is 2. The minimum Gasteiger partial charge on any atom is -0.444 e. The number of thiol groups is 1. The molecule has 2 amide bonds. The Balaban J connectivity index is 2.57. The molecule has 0 fully saturated rings. The van der Waals surface area contributed by atoms with Gasteiger partial charge in [0, 0.05) is 11.4 Å². The van der Waals surface area contributed by atoms with Gasteiger partial charge in [-0.25, -0.2) is 4.79 Å². The van der Waals surface area contributed by atoms with E-state index in [0.717, 1.165) is 0 Å². The number of ether oxygens (including phenoxy) is 1. The third-order valence-electron chi connectivity index (χ3n) is 1.96. The molecule has 0 aromatic heterocycles.